The molecule has 0 aliphatic rings. The number of carbonyl (C=O) groups excluding carboxylic acids is 2. The van der Waals surface area contributed by atoms with E-state index in [4.69, 9.17) is 0 Å². The fraction of sp³-hybridized carbons (Fsp3) is 0.750. The molecule has 0 aliphatic carbocycles. The second-order valence-corrected chi connectivity index (χ2v) is 3.06. The van der Waals surface area contributed by atoms with Gasteiger partial charge in [-0.25, -0.2) is 0 Å². The van der Waals surface area contributed by atoms with Crippen molar-refractivity contribution in [2.45, 2.75) is 32.9 Å². The summed E-state index contributed by atoms with van der Waals surface area (Å²) in [5.74, 6) is -2.20. The van der Waals surface area contributed by atoms with E-state index in [1.165, 1.54) is 13.8 Å². The van der Waals surface area contributed by atoms with E-state index in [9.17, 15) is 22.8 Å². The molecular formula is C8H11F3O2. The van der Waals surface area contributed by atoms with E-state index >= 15 is 0 Å². The van der Waals surface area contributed by atoms with Crippen molar-refractivity contribution >= 4 is 11.6 Å². The zero-order chi connectivity index (χ0) is 10.6. The number of ketones is 2. The van der Waals surface area contributed by atoms with Gasteiger partial charge in [0.05, 0.1) is 6.42 Å². The monoisotopic (exact) mass is 196 g/mol. The van der Waals surface area contributed by atoms with Gasteiger partial charge < -0.3 is 0 Å². The summed E-state index contributed by atoms with van der Waals surface area (Å²) < 4.78 is 34.9. The molecule has 0 fully saturated rings. The van der Waals surface area contributed by atoms with Gasteiger partial charge in [0.25, 0.3) is 0 Å². The predicted molar refractivity (Wildman–Crippen MR) is 40.1 cm³/mol. The van der Waals surface area contributed by atoms with E-state index in [0.29, 0.717) is 0 Å². The summed E-state index contributed by atoms with van der Waals surface area (Å²) in [7, 11) is 0. The molecule has 0 unspecified atom stereocenters. The van der Waals surface area contributed by atoms with Crippen LogP contribution in [0.2, 0.25) is 0 Å². The summed E-state index contributed by atoms with van der Waals surface area (Å²) >= 11 is 0. The Balaban J connectivity index is 3.96. The van der Waals surface area contributed by atoms with Gasteiger partial charge in [0.1, 0.15) is 0 Å². The van der Waals surface area contributed by atoms with Crippen molar-refractivity contribution < 1.29 is 22.8 Å². The highest BCUT2D eigenvalue weighted by Crippen LogP contribution is 2.21. The lowest BCUT2D eigenvalue weighted by molar-refractivity contribution is -0.148. The first kappa shape index (κ1) is 12.1. The molecule has 0 radical (unpaired) electrons. The minimum Gasteiger partial charge on any atom is -0.291 e. The molecule has 2 nitrogen and oxygen atoms in total. The van der Waals surface area contributed by atoms with Gasteiger partial charge >= 0.3 is 6.18 Å². The molecule has 0 bridgehead atoms. The van der Waals surface area contributed by atoms with Crippen molar-refractivity contribution in [3.8, 4) is 0 Å². The van der Waals surface area contributed by atoms with Crippen LogP contribution in [-0.4, -0.2) is 17.7 Å². The minimum atomic E-state index is -4.37. The molecule has 0 heterocycles. The average molecular weight is 196 g/mol. The highest BCUT2D eigenvalue weighted by Gasteiger charge is 2.29. The first-order valence-electron chi connectivity index (χ1n) is 3.88. The van der Waals surface area contributed by atoms with E-state index in [2.05, 4.69) is 0 Å². The number of hydrogen-bond acceptors (Lipinski definition) is 2. The van der Waals surface area contributed by atoms with Crippen LogP contribution < -0.4 is 0 Å². The highest BCUT2D eigenvalue weighted by molar-refractivity contribution is 6.37. The number of rotatable bonds is 4. The Hall–Kier alpha value is -0.870. The molecular weight excluding hydrogens is 185 g/mol. The van der Waals surface area contributed by atoms with Gasteiger partial charge in [0, 0.05) is 12.3 Å². The molecule has 0 aromatic heterocycles. The highest BCUT2D eigenvalue weighted by atomic mass is 19.4. The van der Waals surface area contributed by atoms with Crippen molar-refractivity contribution in [1.29, 1.82) is 0 Å². The maximum absolute atomic E-state index is 11.6. The molecule has 0 aromatic carbocycles. The summed E-state index contributed by atoms with van der Waals surface area (Å²) in [5.41, 5.74) is 0. The first-order valence-corrected chi connectivity index (χ1v) is 3.88. The molecule has 0 rings (SSSR count). The van der Waals surface area contributed by atoms with E-state index in [1.807, 2.05) is 0 Å². The van der Waals surface area contributed by atoms with Gasteiger partial charge in [-0.05, 0) is 0 Å². The molecule has 0 saturated heterocycles. The smallest absolute Gasteiger partial charge is 0.291 e. The fourth-order valence-electron chi connectivity index (χ4n) is 0.700. The molecule has 5 heteroatoms. The van der Waals surface area contributed by atoms with E-state index < -0.39 is 36.5 Å². The number of carbonyl (C=O) groups is 2. The summed E-state index contributed by atoms with van der Waals surface area (Å²) in [5, 5.41) is 0. The van der Waals surface area contributed by atoms with Gasteiger partial charge in [-0.1, -0.05) is 13.8 Å². The van der Waals surface area contributed by atoms with Crippen molar-refractivity contribution in [3.05, 3.63) is 0 Å². The predicted octanol–water partition coefficient (Wildman–Crippen LogP) is 2.12. The number of Topliss-reactive ketones (excluding diaryl/α,β-unsaturated/α-hetero) is 2. The maximum Gasteiger partial charge on any atom is 0.389 e. The third-order valence-corrected chi connectivity index (χ3v) is 1.43. The van der Waals surface area contributed by atoms with Crippen LogP contribution in [0.5, 0.6) is 0 Å². The topological polar surface area (TPSA) is 34.1 Å². The van der Waals surface area contributed by atoms with Crippen LogP contribution >= 0.6 is 0 Å². The SMILES string of the molecule is CC(C)C(=O)C(=O)CCC(F)(F)F. The Morgan fingerprint density at radius 2 is 1.69 bits per heavy atom. The lowest BCUT2D eigenvalue weighted by Gasteiger charge is -2.05. The average Bonchev–Trinajstić information content (AvgIpc) is 1.97. The second kappa shape index (κ2) is 4.39. The molecule has 0 N–H and O–H groups in total. The van der Waals surface area contributed by atoms with Crippen LogP contribution in [0.25, 0.3) is 0 Å². The maximum atomic E-state index is 11.6. The molecule has 76 valence electrons. The van der Waals surface area contributed by atoms with Gasteiger partial charge in [-0.3, -0.25) is 9.59 Å². The molecule has 0 aliphatic heterocycles. The molecule has 0 amide bonds. The van der Waals surface area contributed by atoms with Crippen LogP contribution in [0.1, 0.15) is 26.7 Å². The quantitative estimate of drug-likeness (QED) is 0.645. The summed E-state index contributed by atoms with van der Waals surface area (Å²) in [6.07, 6.45) is -6.32. The van der Waals surface area contributed by atoms with Crippen molar-refractivity contribution in [1.82, 2.24) is 0 Å². The largest absolute Gasteiger partial charge is 0.389 e. The summed E-state index contributed by atoms with van der Waals surface area (Å²) in [6, 6.07) is 0. The van der Waals surface area contributed by atoms with Crippen molar-refractivity contribution in [2.24, 2.45) is 5.92 Å². The molecule has 0 saturated carbocycles. The Morgan fingerprint density at radius 3 is 2.00 bits per heavy atom. The lowest BCUT2D eigenvalue weighted by atomic mass is 10.0. The van der Waals surface area contributed by atoms with Crippen molar-refractivity contribution in [3.63, 3.8) is 0 Å². The van der Waals surface area contributed by atoms with Crippen LogP contribution in [0.4, 0.5) is 13.2 Å². The lowest BCUT2D eigenvalue weighted by Crippen LogP contribution is -2.21. The molecule has 0 aromatic rings. The van der Waals surface area contributed by atoms with Crippen LogP contribution in [-0.2, 0) is 9.59 Å². The standard InChI is InChI=1S/C8H11F3O2/c1-5(2)7(13)6(12)3-4-8(9,10)11/h5H,3-4H2,1-2H3. The van der Waals surface area contributed by atoms with E-state index in [-0.39, 0.29) is 0 Å². The summed E-state index contributed by atoms with van der Waals surface area (Å²) in [6.45, 7) is 2.96. The van der Waals surface area contributed by atoms with Gasteiger partial charge in [0.15, 0.2) is 5.78 Å². The fourth-order valence-corrected chi connectivity index (χ4v) is 0.700. The second-order valence-electron chi connectivity index (χ2n) is 3.06. The Kier molecular flexibility index (Phi) is 4.10. The normalized spacial score (nSPS) is 11.8. The first-order chi connectivity index (χ1) is 5.74. The van der Waals surface area contributed by atoms with Gasteiger partial charge in [-0.2, -0.15) is 13.2 Å². The van der Waals surface area contributed by atoms with Crippen LogP contribution in [0, 0.1) is 5.92 Å². The third kappa shape index (κ3) is 5.38. The number of hydrogen-bond donors (Lipinski definition) is 0. The van der Waals surface area contributed by atoms with E-state index in [1.54, 1.807) is 0 Å². The Morgan fingerprint density at radius 1 is 1.23 bits per heavy atom. The number of alkyl halides is 3. The van der Waals surface area contributed by atoms with Crippen LogP contribution in [0.15, 0.2) is 0 Å². The Bertz CT molecular complexity index is 206. The summed E-state index contributed by atoms with van der Waals surface area (Å²) in [4.78, 5) is 21.6. The Labute approximate surface area is 74.1 Å². The van der Waals surface area contributed by atoms with Crippen molar-refractivity contribution in [2.75, 3.05) is 0 Å². The molecule has 13 heavy (non-hydrogen) atoms. The molecule has 0 spiro atoms. The van der Waals surface area contributed by atoms with Gasteiger partial charge in [-0.15, -0.1) is 0 Å². The third-order valence-electron chi connectivity index (χ3n) is 1.43. The number of halogens is 3. The zero-order valence-electron chi connectivity index (χ0n) is 7.44. The van der Waals surface area contributed by atoms with E-state index in [0.717, 1.165) is 0 Å². The van der Waals surface area contributed by atoms with Gasteiger partial charge in [0.2, 0.25) is 5.78 Å². The molecule has 0 atom stereocenters. The van der Waals surface area contributed by atoms with Crippen LogP contribution in [0.3, 0.4) is 0 Å². The zero-order valence-corrected chi connectivity index (χ0v) is 7.44. The minimum absolute atomic E-state index is 0.527.